The summed E-state index contributed by atoms with van der Waals surface area (Å²) in [5.41, 5.74) is 2.34. The number of anilines is 1. The van der Waals surface area contributed by atoms with Gasteiger partial charge in [0.15, 0.2) is 0 Å². The smallest absolute Gasteiger partial charge is 0.259 e. The molecule has 4 aromatic rings. The lowest BCUT2D eigenvalue weighted by Crippen LogP contribution is -2.17. The van der Waals surface area contributed by atoms with Crippen LogP contribution in [0.2, 0.25) is 0 Å². The lowest BCUT2D eigenvalue weighted by Gasteiger charge is -2.11. The van der Waals surface area contributed by atoms with Crippen molar-refractivity contribution < 1.29 is 9.32 Å². The highest BCUT2D eigenvalue weighted by atomic mass is 32.2. The number of rotatable bonds is 7. The monoisotopic (exact) mass is 406 g/mol. The third-order valence-electron chi connectivity index (χ3n) is 4.09. The molecule has 1 amide bonds. The number of aryl methyl sites for hydroxylation is 1. The second-order valence-corrected chi connectivity index (χ2v) is 7.22. The van der Waals surface area contributed by atoms with Crippen LogP contribution in [-0.4, -0.2) is 30.8 Å². The molecular weight excluding hydrogens is 388 g/mol. The summed E-state index contributed by atoms with van der Waals surface area (Å²) in [5.74, 6) is 1.68. The van der Waals surface area contributed by atoms with Gasteiger partial charge in [-0.1, -0.05) is 16.9 Å². The average molecular weight is 406 g/mol. The number of carbonyl (C=O) groups excluding carboxylic acids is 1. The zero-order chi connectivity index (χ0) is 20.1. The third-order valence-corrected chi connectivity index (χ3v) is 5.13. The maximum atomic E-state index is 12.9. The van der Waals surface area contributed by atoms with E-state index in [9.17, 15) is 4.79 Å². The fourth-order valence-corrected chi connectivity index (χ4v) is 3.59. The Morgan fingerprint density at radius 1 is 1.17 bits per heavy atom. The number of thioether (sulfide) groups is 1. The van der Waals surface area contributed by atoms with Crippen molar-refractivity contribution in [1.29, 1.82) is 0 Å². The van der Waals surface area contributed by atoms with Gasteiger partial charge in [0.05, 0.1) is 24.0 Å². The molecule has 0 saturated carbocycles. The second-order valence-electron chi connectivity index (χ2n) is 6.26. The van der Waals surface area contributed by atoms with Gasteiger partial charge in [0.2, 0.25) is 0 Å². The van der Waals surface area contributed by atoms with Crippen molar-refractivity contribution in [1.82, 2.24) is 24.9 Å². The number of pyridine rings is 2. The van der Waals surface area contributed by atoms with Gasteiger partial charge in [0.1, 0.15) is 16.6 Å². The number of hydrogen-bond acceptors (Lipinski definition) is 7. The number of nitrogens with one attached hydrogen (secondary N) is 1. The van der Waals surface area contributed by atoms with Crippen LogP contribution in [0.4, 0.5) is 5.82 Å². The van der Waals surface area contributed by atoms with Crippen molar-refractivity contribution in [2.24, 2.45) is 0 Å². The SMILES string of the molecule is Cc1cc(CSc2ncccc2C(=O)Nc2ccnn2Cc2ccncc2)no1. The quantitative estimate of drug-likeness (QED) is 0.469. The molecule has 4 heterocycles. The Morgan fingerprint density at radius 3 is 2.83 bits per heavy atom. The van der Waals surface area contributed by atoms with Gasteiger partial charge >= 0.3 is 0 Å². The molecule has 1 N–H and O–H groups in total. The van der Waals surface area contributed by atoms with Crippen molar-refractivity contribution in [2.75, 3.05) is 5.32 Å². The van der Waals surface area contributed by atoms with Crippen LogP contribution in [-0.2, 0) is 12.3 Å². The number of amides is 1. The van der Waals surface area contributed by atoms with Crippen LogP contribution in [0.15, 0.2) is 70.7 Å². The summed E-state index contributed by atoms with van der Waals surface area (Å²) in [4.78, 5) is 21.3. The van der Waals surface area contributed by atoms with Gasteiger partial charge in [-0.3, -0.25) is 9.78 Å². The number of aromatic nitrogens is 5. The molecule has 9 heteroatoms. The Kier molecular flexibility index (Phi) is 5.66. The maximum Gasteiger partial charge on any atom is 0.259 e. The zero-order valence-electron chi connectivity index (χ0n) is 15.6. The molecule has 0 unspecified atom stereocenters. The van der Waals surface area contributed by atoms with Gasteiger partial charge in [-0.2, -0.15) is 5.10 Å². The van der Waals surface area contributed by atoms with E-state index in [2.05, 4.69) is 25.5 Å². The van der Waals surface area contributed by atoms with Crippen LogP contribution in [0.5, 0.6) is 0 Å². The molecule has 0 aliphatic heterocycles. The predicted molar refractivity (Wildman–Crippen MR) is 109 cm³/mol. The molecular formula is C20H18N6O2S. The molecule has 8 nitrogen and oxygen atoms in total. The molecule has 0 fully saturated rings. The standard InChI is InChI=1S/C20H18N6O2S/c1-14-11-16(25-28-14)13-29-20-17(3-2-7-22-20)19(27)24-18-6-10-23-26(18)12-15-4-8-21-9-5-15/h2-11H,12-13H2,1H3,(H,24,27). The summed E-state index contributed by atoms with van der Waals surface area (Å²) in [6.45, 7) is 2.38. The first-order chi connectivity index (χ1) is 14.2. The lowest BCUT2D eigenvalue weighted by molar-refractivity contribution is 0.102. The highest BCUT2D eigenvalue weighted by molar-refractivity contribution is 7.98. The number of carbonyl (C=O) groups is 1. The molecule has 0 spiro atoms. The van der Waals surface area contributed by atoms with Crippen LogP contribution in [0.1, 0.15) is 27.4 Å². The first-order valence-electron chi connectivity index (χ1n) is 8.91. The van der Waals surface area contributed by atoms with Gasteiger partial charge in [0, 0.05) is 36.5 Å². The summed E-state index contributed by atoms with van der Waals surface area (Å²) >= 11 is 1.44. The van der Waals surface area contributed by atoms with E-state index < -0.39 is 0 Å². The molecule has 4 aromatic heterocycles. The molecule has 4 rings (SSSR count). The number of nitrogens with zero attached hydrogens (tertiary/aromatic N) is 5. The lowest BCUT2D eigenvalue weighted by atomic mass is 10.2. The normalized spacial score (nSPS) is 10.8. The Hall–Kier alpha value is -3.46. The van der Waals surface area contributed by atoms with E-state index in [4.69, 9.17) is 4.52 Å². The minimum absolute atomic E-state index is 0.242. The molecule has 146 valence electrons. The van der Waals surface area contributed by atoms with E-state index in [0.717, 1.165) is 17.0 Å². The molecule has 0 aliphatic rings. The molecule has 29 heavy (non-hydrogen) atoms. The van der Waals surface area contributed by atoms with E-state index >= 15 is 0 Å². The van der Waals surface area contributed by atoms with Crippen molar-refractivity contribution in [3.63, 3.8) is 0 Å². The Balaban J connectivity index is 1.47. The van der Waals surface area contributed by atoms with Crippen molar-refractivity contribution in [3.05, 3.63) is 83.8 Å². The van der Waals surface area contributed by atoms with Crippen LogP contribution >= 0.6 is 11.8 Å². The predicted octanol–water partition coefficient (Wildman–Crippen LogP) is 3.56. The fourth-order valence-electron chi connectivity index (χ4n) is 2.72. The average Bonchev–Trinajstić information content (AvgIpc) is 3.36. The van der Waals surface area contributed by atoms with Crippen LogP contribution in [0.25, 0.3) is 0 Å². The maximum absolute atomic E-state index is 12.9. The van der Waals surface area contributed by atoms with Crippen molar-refractivity contribution >= 4 is 23.5 Å². The van der Waals surface area contributed by atoms with Crippen LogP contribution in [0, 0.1) is 6.92 Å². The first-order valence-corrected chi connectivity index (χ1v) is 9.89. The van der Waals surface area contributed by atoms with E-state index in [1.54, 1.807) is 47.7 Å². The topological polar surface area (TPSA) is 98.7 Å². The fraction of sp³-hybridized carbons (Fsp3) is 0.150. The largest absolute Gasteiger partial charge is 0.361 e. The summed E-state index contributed by atoms with van der Waals surface area (Å²) in [5, 5.41) is 11.8. The highest BCUT2D eigenvalue weighted by Crippen LogP contribution is 2.25. The molecule has 0 atom stereocenters. The van der Waals surface area contributed by atoms with E-state index in [-0.39, 0.29) is 5.91 Å². The Morgan fingerprint density at radius 2 is 2.03 bits per heavy atom. The van der Waals surface area contributed by atoms with Gasteiger partial charge in [0.25, 0.3) is 5.91 Å². The van der Waals surface area contributed by atoms with E-state index in [1.807, 2.05) is 25.1 Å². The van der Waals surface area contributed by atoms with E-state index in [1.165, 1.54) is 11.8 Å². The minimum Gasteiger partial charge on any atom is -0.361 e. The molecule has 0 aromatic carbocycles. The Labute approximate surface area is 171 Å². The van der Waals surface area contributed by atoms with Gasteiger partial charge in [-0.25, -0.2) is 9.67 Å². The molecule has 0 radical (unpaired) electrons. The second kappa shape index (κ2) is 8.70. The summed E-state index contributed by atoms with van der Waals surface area (Å²) < 4.78 is 6.82. The third kappa shape index (κ3) is 4.69. The molecule has 0 aliphatic carbocycles. The van der Waals surface area contributed by atoms with Gasteiger partial charge in [-0.15, -0.1) is 0 Å². The molecule has 0 bridgehead atoms. The first kappa shape index (κ1) is 18.9. The van der Waals surface area contributed by atoms with Crippen LogP contribution in [0.3, 0.4) is 0 Å². The number of hydrogen-bond donors (Lipinski definition) is 1. The van der Waals surface area contributed by atoms with Gasteiger partial charge < -0.3 is 9.84 Å². The minimum atomic E-state index is -0.242. The van der Waals surface area contributed by atoms with Crippen LogP contribution < -0.4 is 5.32 Å². The summed E-state index contributed by atoms with van der Waals surface area (Å²) in [7, 11) is 0. The van der Waals surface area contributed by atoms with Crippen molar-refractivity contribution in [3.8, 4) is 0 Å². The zero-order valence-corrected chi connectivity index (χ0v) is 16.5. The van der Waals surface area contributed by atoms with Crippen molar-refractivity contribution in [2.45, 2.75) is 24.2 Å². The van der Waals surface area contributed by atoms with Gasteiger partial charge in [-0.05, 0) is 36.8 Å². The van der Waals surface area contributed by atoms with E-state index in [0.29, 0.717) is 28.7 Å². The molecule has 0 saturated heterocycles. The summed E-state index contributed by atoms with van der Waals surface area (Å²) in [6.07, 6.45) is 6.78. The highest BCUT2D eigenvalue weighted by Gasteiger charge is 2.16. The Bertz CT molecular complexity index is 1110. The summed E-state index contributed by atoms with van der Waals surface area (Å²) in [6, 6.07) is 11.0.